The number of fused-ring (bicyclic) bond motifs is 1. The van der Waals surface area contributed by atoms with Crippen molar-refractivity contribution in [2.45, 2.75) is 20.0 Å². The van der Waals surface area contributed by atoms with Gasteiger partial charge in [0.1, 0.15) is 5.01 Å². The van der Waals surface area contributed by atoms with Gasteiger partial charge in [-0.25, -0.2) is 4.98 Å². The van der Waals surface area contributed by atoms with Crippen molar-refractivity contribution in [3.63, 3.8) is 0 Å². The summed E-state index contributed by atoms with van der Waals surface area (Å²) in [6, 6.07) is 6.21. The number of nitrogens with one attached hydrogen (secondary N) is 1. The Balaban J connectivity index is 0.00000225. The third-order valence-electron chi connectivity index (χ3n) is 4.79. The summed E-state index contributed by atoms with van der Waals surface area (Å²) in [7, 11) is 1.84. The third-order valence-corrected chi connectivity index (χ3v) is 5.71. The van der Waals surface area contributed by atoms with Crippen LogP contribution in [-0.2, 0) is 13.1 Å². The maximum atomic E-state index is 5.48. The summed E-state index contributed by atoms with van der Waals surface area (Å²) < 4.78 is 10.9. The van der Waals surface area contributed by atoms with Crippen molar-refractivity contribution in [3.05, 3.63) is 39.8 Å². The Hall–Kier alpha value is -1.59. The Morgan fingerprint density at radius 3 is 2.71 bits per heavy atom. The molecular formula is C19H26IN5O2S. The van der Waals surface area contributed by atoms with Gasteiger partial charge in [0, 0.05) is 50.8 Å². The van der Waals surface area contributed by atoms with E-state index in [2.05, 4.69) is 44.1 Å². The molecule has 1 aromatic carbocycles. The highest BCUT2D eigenvalue weighted by molar-refractivity contribution is 14.0. The second kappa shape index (κ2) is 9.75. The van der Waals surface area contributed by atoms with Crippen LogP contribution in [0.5, 0.6) is 11.5 Å². The molecule has 2 aliphatic heterocycles. The SMILES string of the molecule is CN=C(NCc1ncc(C)s1)N1CCN(Cc2ccc3c(c2)OCO3)CC1.I. The number of guanidine groups is 1. The number of aromatic nitrogens is 1. The summed E-state index contributed by atoms with van der Waals surface area (Å²) in [5.74, 6) is 2.65. The average Bonchev–Trinajstić information content (AvgIpc) is 3.32. The van der Waals surface area contributed by atoms with E-state index in [0.29, 0.717) is 6.79 Å². The zero-order valence-corrected chi connectivity index (χ0v) is 19.3. The van der Waals surface area contributed by atoms with Crippen molar-refractivity contribution in [2.24, 2.45) is 4.99 Å². The topological polar surface area (TPSA) is 62.2 Å². The number of piperazine rings is 1. The first-order valence-corrected chi connectivity index (χ1v) is 10.0. The van der Waals surface area contributed by atoms with E-state index in [0.717, 1.165) is 61.7 Å². The molecule has 0 unspecified atom stereocenters. The van der Waals surface area contributed by atoms with Gasteiger partial charge in [-0.2, -0.15) is 0 Å². The number of benzene rings is 1. The summed E-state index contributed by atoms with van der Waals surface area (Å²) >= 11 is 1.72. The van der Waals surface area contributed by atoms with Crippen molar-refractivity contribution in [3.8, 4) is 11.5 Å². The van der Waals surface area contributed by atoms with Crippen LogP contribution in [0.1, 0.15) is 15.4 Å². The zero-order chi connectivity index (χ0) is 18.6. The lowest BCUT2D eigenvalue weighted by Gasteiger charge is -2.36. The van der Waals surface area contributed by atoms with E-state index in [9.17, 15) is 0 Å². The highest BCUT2D eigenvalue weighted by Crippen LogP contribution is 2.32. The predicted octanol–water partition coefficient (Wildman–Crippen LogP) is 2.69. The molecule has 1 aromatic heterocycles. The van der Waals surface area contributed by atoms with Crippen molar-refractivity contribution >= 4 is 41.3 Å². The fourth-order valence-corrected chi connectivity index (χ4v) is 4.11. The van der Waals surface area contributed by atoms with Gasteiger partial charge in [0.2, 0.25) is 6.79 Å². The van der Waals surface area contributed by atoms with Gasteiger partial charge in [-0.3, -0.25) is 9.89 Å². The van der Waals surface area contributed by atoms with Crippen LogP contribution in [0, 0.1) is 6.92 Å². The Labute approximate surface area is 186 Å². The number of hydrogen-bond donors (Lipinski definition) is 1. The minimum absolute atomic E-state index is 0. The Bertz CT molecular complexity index is 820. The van der Waals surface area contributed by atoms with Gasteiger partial charge < -0.3 is 19.7 Å². The number of hydrogen-bond acceptors (Lipinski definition) is 6. The van der Waals surface area contributed by atoms with Crippen LogP contribution >= 0.6 is 35.3 Å². The van der Waals surface area contributed by atoms with Gasteiger partial charge in [0.15, 0.2) is 17.5 Å². The van der Waals surface area contributed by atoms with Crippen LogP contribution < -0.4 is 14.8 Å². The Morgan fingerprint density at radius 1 is 1.21 bits per heavy atom. The first kappa shape index (κ1) is 21.1. The molecule has 4 rings (SSSR count). The minimum atomic E-state index is 0. The van der Waals surface area contributed by atoms with Gasteiger partial charge >= 0.3 is 0 Å². The maximum Gasteiger partial charge on any atom is 0.231 e. The van der Waals surface area contributed by atoms with E-state index in [1.54, 1.807) is 11.3 Å². The molecule has 1 saturated heterocycles. The van der Waals surface area contributed by atoms with E-state index < -0.39 is 0 Å². The maximum absolute atomic E-state index is 5.48. The highest BCUT2D eigenvalue weighted by Gasteiger charge is 2.21. The standard InChI is InChI=1S/C19H25N5O2S.HI/c1-14-10-21-18(27-14)11-22-19(20-2)24-7-5-23(6-8-24)12-15-3-4-16-17(9-15)26-13-25-16;/h3-4,9-10H,5-8,11-13H2,1-2H3,(H,20,22);1H. The second-order valence-electron chi connectivity index (χ2n) is 6.72. The van der Waals surface area contributed by atoms with Crippen LogP contribution in [-0.4, -0.2) is 60.8 Å². The highest BCUT2D eigenvalue weighted by atomic mass is 127. The molecule has 0 bridgehead atoms. The molecule has 0 spiro atoms. The lowest BCUT2D eigenvalue weighted by molar-refractivity contribution is 0.171. The second-order valence-corrected chi connectivity index (χ2v) is 8.04. The van der Waals surface area contributed by atoms with E-state index in [-0.39, 0.29) is 24.0 Å². The number of halogens is 1. The van der Waals surface area contributed by atoms with Gasteiger partial charge in [0.05, 0.1) is 6.54 Å². The third kappa shape index (κ3) is 5.06. The monoisotopic (exact) mass is 515 g/mol. The normalized spacial score (nSPS) is 16.8. The summed E-state index contributed by atoms with van der Waals surface area (Å²) in [5.41, 5.74) is 1.26. The van der Waals surface area contributed by atoms with Crippen LogP contribution in [0.2, 0.25) is 0 Å². The first-order valence-electron chi connectivity index (χ1n) is 9.19. The molecule has 7 nitrogen and oxygen atoms in total. The van der Waals surface area contributed by atoms with E-state index in [1.165, 1.54) is 10.4 Å². The molecule has 1 fully saturated rings. The Morgan fingerprint density at radius 2 is 2.00 bits per heavy atom. The van der Waals surface area contributed by atoms with Crippen molar-refractivity contribution in [1.29, 1.82) is 0 Å². The lowest BCUT2D eigenvalue weighted by Crippen LogP contribution is -2.52. The van der Waals surface area contributed by atoms with Crippen LogP contribution in [0.15, 0.2) is 29.4 Å². The molecular weight excluding hydrogens is 489 g/mol. The summed E-state index contributed by atoms with van der Waals surface area (Å²) in [6.45, 7) is 7.98. The molecule has 0 atom stereocenters. The van der Waals surface area contributed by atoms with Gasteiger partial charge in [0.25, 0.3) is 0 Å². The van der Waals surface area contributed by atoms with Gasteiger partial charge in [-0.15, -0.1) is 35.3 Å². The molecule has 28 heavy (non-hydrogen) atoms. The largest absolute Gasteiger partial charge is 0.454 e. The van der Waals surface area contributed by atoms with Gasteiger partial charge in [-0.1, -0.05) is 6.07 Å². The molecule has 0 aliphatic carbocycles. The zero-order valence-electron chi connectivity index (χ0n) is 16.2. The molecule has 152 valence electrons. The van der Waals surface area contributed by atoms with Crippen LogP contribution in [0.4, 0.5) is 0 Å². The van der Waals surface area contributed by atoms with Crippen molar-refractivity contribution in [1.82, 2.24) is 20.1 Å². The molecule has 2 aromatic rings. The molecule has 0 amide bonds. The number of aliphatic imine (C=N–C) groups is 1. The minimum Gasteiger partial charge on any atom is -0.454 e. The summed E-state index contributed by atoms with van der Waals surface area (Å²) in [5, 5.41) is 4.53. The first-order chi connectivity index (χ1) is 13.2. The van der Waals surface area contributed by atoms with Crippen LogP contribution in [0.3, 0.4) is 0 Å². The molecule has 0 radical (unpaired) electrons. The van der Waals surface area contributed by atoms with Crippen molar-refractivity contribution < 1.29 is 9.47 Å². The smallest absolute Gasteiger partial charge is 0.231 e. The molecule has 1 N–H and O–H groups in total. The lowest BCUT2D eigenvalue weighted by atomic mass is 10.1. The number of nitrogens with zero attached hydrogens (tertiary/aromatic N) is 4. The van der Waals surface area contributed by atoms with E-state index in [4.69, 9.17) is 9.47 Å². The quantitative estimate of drug-likeness (QED) is 0.384. The molecule has 2 aliphatic rings. The van der Waals surface area contributed by atoms with Crippen molar-refractivity contribution in [2.75, 3.05) is 40.0 Å². The number of rotatable bonds is 4. The number of aryl methyl sites for hydroxylation is 1. The molecule has 9 heteroatoms. The van der Waals surface area contributed by atoms with E-state index >= 15 is 0 Å². The van der Waals surface area contributed by atoms with Gasteiger partial charge in [-0.05, 0) is 24.6 Å². The predicted molar refractivity (Wildman–Crippen MR) is 122 cm³/mol. The Kier molecular flexibility index (Phi) is 7.36. The number of ether oxygens (including phenoxy) is 2. The fourth-order valence-electron chi connectivity index (χ4n) is 3.39. The average molecular weight is 515 g/mol. The van der Waals surface area contributed by atoms with Crippen LogP contribution in [0.25, 0.3) is 0 Å². The van der Waals surface area contributed by atoms with E-state index in [1.807, 2.05) is 19.3 Å². The summed E-state index contributed by atoms with van der Waals surface area (Å²) in [4.78, 5) is 14.9. The molecule has 3 heterocycles. The number of thiazole rings is 1. The summed E-state index contributed by atoms with van der Waals surface area (Å²) in [6.07, 6.45) is 1.92. The molecule has 0 saturated carbocycles. The fraction of sp³-hybridized carbons (Fsp3) is 0.474.